The molecule has 1 unspecified atom stereocenters. The number of aliphatic carboxylic acids is 1. The van der Waals surface area contributed by atoms with Crippen molar-refractivity contribution in [1.82, 2.24) is 4.90 Å². The van der Waals surface area contributed by atoms with Gasteiger partial charge in [-0.2, -0.15) is 0 Å². The number of carboxylic acid groups (broad SMARTS) is 1. The molecule has 1 aromatic carbocycles. The minimum atomic E-state index is -0.731. The largest absolute Gasteiger partial charge is 0.481 e. The number of hydrogen-bond donors (Lipinski definition) is 1. The summed E-state index contributed by atoms with van der Waals surface area (Å²) < 4.78 is 0. The fourth-order valence-corrected chi connectivity index (χ4v) is 4.03. The van der Waals surface area contributed by atoms with Gasteiger partial charge in [0.25, 0.3) is 0 Å². The highest BCUT2D eigenvalue weighted by molar-refractivity contribution is 7.12. The molecule has 110 valence electrons. The molecular weight excluding hydrogens is 282 g/mol. The van der Waals surface area contributed by atoms with E-state index in [1.165, 1.54) is 15.3 Å². The van der Waals surface area contributed by atoms with Crippen LogP contribution in [0.25, 0.3) is 0 Å². The second-order valence-electron chi connectivity index (χ2n) is 5.70. The number of nitrogens with zero attached hydrogens (tertiary/aromatic N) is 1. The van der Waals surface area contributed by atoms with E-state index < -0.39 is 11.9 Å². The molecule has 0 aliphatic carbocycles. The zero-order chi connectivity index (χ0) is 15.0. The maximum absolute atomic E-state index is 11.6. The Hall–Kier alpha value is -1.65. The van der Waals surface area contributed by atoms with Crippen LogP contribution in [0.15, 0.2) is 30.3 Å². The molecule has 0 fully saturated rings. The Labute approximate surface area is 128 Å². The molecule has 1 aromatic heterocycles. The van der Waals surface area contributed by atoms with Crippen LogP contribution in [0.5, 0.6) is 0 Å². The summed E-state index contributed by atoms with van der Waals surface area (Å²) in [5, 5.41) is 9.50. The van der Waals surface area contributed by atoms with Crippen LogP contribution in [0.3, 0.4) is 0 Å². The highest BCUT2D eigenvalue weighted by Gasteiger charge is 2.30. The van der Waals surface area contributed by atoms with Crippen LogP contribution >= 0.6 is 11.3 Å². The summed E-state index contributed by atoms with van der Waals surface area (Å²) in [6, 6.07) is 10.1. The normalized spacial score (nSPS) is 18.5. The van der Waals surface area contributed by atoms with Crippen LogP contribution in [0.1, 0.15) is 32.4 Å². The van der Waals surface area contributed by atoms with E-state index in [1.807, 2.05) is 35.6 Å². The number of thiophene rings is 1. The molecule has 0 amide bonds. The van der Waals surface area contributed by atoms with Gasteiger partial charge >= 0.3 is 5.97 Å². The Balaban J connectivity index is 1.86. The minimum Gasteiger partial charge on any atom is -0.481 e. The number of carbonyl (C=O) groups is 1. The molecule has 0 spiro atoms. The summed E-state index contributed by atoms with van der Waals surface area (Å²) in [4.78, 5) is 16.5. The van der Waals surface area contributed by atoms with Crippen molar-refractivity contribution in [3.63, 3.8) is 0 Å². The van der Waals surface area contributed by atoms with Crippen molar-refractivity contribution in [2.75, 3.05) is 6.54 Å². The van der Waals surface area contributed by atoms with Crippen LogP contribution in [-0.4, -0.2) is 22.5 Å². The Morgan fingerprint density at radius 2 is 2.14 bits per heavy atom. The van der Waals surface area contributed by atoms with E-state index in [-0.39, 0.29) is 0 Å². The summed E-state index contributed by atoms with van der Waals surface area (Å²) in [6.07, 6.45) is 0. The smallest absolute Gasteiger partial charge is 0.312 e. The molecule has 2 heterocycles. The minimum absolute atomic E-state index is 0.421. The number of rotatable bonds is 3. The first-order chi connectivity index (χ1) is 10.0. The predicted octanol–water partition coefficient (Wildman–Crippen LogP) is 3.55. The van der Waals surface area contributed by atoms with Crippen molar-refractivity contribution >= 4 is 17.3 Å². The second-order valence-corrected chi connectivity index (χ2v) is 7.16. The van der Waals surface area contributed by atoms with E-state index >= 15 is 0 Å². The number of hydrogen-bond acceptors (Lipinski definition) is 3. The van der Waals surface area contributed by atoms with Gasteiger partial charge in [0.2, 0.25) is 0 Å². The number of benzene rings is 1. The van der Waals surface area contributed by atoms with Gasteiger partial charge in [-0.15, -0.1) is 11.3 Å². The van der Waals surface area contributed by atoms with Crippen LogP contribution in [0.2, 0.25) is 0 Å². The lowest BCUT2D eigenvalue weighted by molar-refractivity contribution is -0.139. The van der Waals surface area contributed by atoms with Gasteiger partial charge in [0.1, 0.15) is 0 Å². The molecule has 2 aromatic rings. The number of aryl methyl sites for hydroxylation is 2. The van der Waals surface area contributed by atoms with E-state index in [4.69, 9.17) is 0 Å². The molecular formula is C17H19NO2S. The van der Waals surface area contributed by atoms with Gasteiger partial charge in [-0.05, 0) is 36.6 Å². The van der Waals surface area contributed by atoms with Crippen molar-refractivity contribution in [2.24, 2.45) is 0 Å². The fourth-order valence-electron chi connectivity index (χ4n) is 3.09. The maximum atomic E-state index is 11.6. The molecule has 1 aliphatic rings. The Bertz CT molecular complexity index is 677. The molecule has 0 saturated carbocycles. The van der Waals surface area contributed by atoms with Crippen LogP contribution in [-0.2, 0) is 17.9 Å². The van der Waals surface area contributed by atoms with Gasteiger partial charge in [0.15, 0.2) is 0 Å². The third-order valence-electron chi connectivity index (χ3n) is 4.10. The molecule has 21 heavy (non-hydrogen) atoms. The summed E-state index contributed by atoms with van der Waals surface area (Å²) in [5.74, 6) is -1.15. The SMILES string of the molecule is Cc1cc(CN2Cc3ccccc3C(C(=O)O)C2)c(C)s1. The van der Waals surface area contributed by atoms with Crippen LogP contribution in [0, 0.1) is 13.8 Å². The van der Waals surface area contributed by atoms with Crippen molar-refractivity contribution < 1.29 is 9.90 Å². The molecule has 0 bridgehead atoms. The van der Waals surface area contributed by atoms with Crippen molar-refractivity contribution in [3.8, 4) is 0 Å². The first kappa shape index (κ1) is 14.3. The van der Waals surface area contributed by atoms with Gasteiger partial charge in [0, 0.05) is 29.4 Å². The van der Waals surface area contributed by atoms with Crippen molar-refractivity contribution in [1.29, 1.82) is 0 Å². The van der Waals surface area contributed by atoms with Gasteiger partial charge in [0.05, 0.1) is 5.92 Å². The molecule has 3 nitrogen and oxygen atoms in total. The molecule has 0 radical (unpaired) electrons. The topological polar surface area (TPSA) is 40.5 Å². The van der Waals surface area contributed by atoms with E-state index in [0.717, 1.165) is 24.2 Å². The molecule has 4 heteroatoms. The molecule has 1 N–H and O–H groups in total. The summed E-state index contributed by atoms with van der Waals surface area (Å²) in [5.41, 5.74) is 3.43. The third-order valence-corrected chi connectivity index (χ3v) is 5.11. The average Bonchev–Trinajstić information content (AvgIpc) is 2.76. The Morgan fingerprint density at radius 3 is 2.81 bits per heavy atom. The van der Waals surface area contributed by atoms with Crippen LogP contribution in [0.4, 0.5) is 0 Å². The lowest BCUT2D eigenvalue weighted by Gasteiger charge is -2.32. The molecule has 1 aliphatic heterocycles. The van der Waals surface area contributed by atoms with Gasteiger partial charge in [-0.25, -0.2) is 0 Å². The highest BCUT2D eigenvalue weighted by atomic mass is 32.1. The van der Waals surface area contributed by atoms with Gasteiger partial charge in [-0.3, -0.25) is 9.69 Å². The number of fused-ring (bicyclic) bond motifs is 1. The Kier molecular flexibility index (Phi) is 3.83. The molecule has 1 atom stereocenters. The zero-order valence-corrected chi connectivity index (χ0v) is 13.1. The lowest BCUT2D eigenvalue weighted by atomic mass is 9.89. The molecule has 0 saturated heterocycles. The molecule has 3 rings (SSSR count). The summed E-state index contributed by atoms with van der Waals surface area (Å²) >= 11 is 1.81. The van der Waals surface area contributed by atoms with E-state index in [0.29, 0.717) is 6.54 Å². The monoisotopic (exact) mass is 301 g/mol. The van der Waals surface area contributed by atoms with Gasteiger partial charge < -0.3 is 5.11 Å². The van der Waals surface area contributed by atoms with Crippen molar-refractivity contribution in [3.05, 3.63) is 56.8 Å². The third kappa shape index (κ3) is 2.87. The van der Waals surface area contributed by atoms with Crippen molar-refractivity contribution in [2.45, 2.75) is 32.9 Å². The fraction of sp³-hybridized carbons (Fsp3) is 0.353. The predicted molar refractivity (Wildman–Crippen MR) is 84.7 cm³/mol. The highest BCUT2D eigenvalue weighted by Crippen LogP contribution is 2.30. The van der Waals surface area contributed by atoms with Crippen LogP contribution < -0.4 is 0 Å². The maximum Gasteiger partial charge on any atom is 0.312 e. The summed E-state index contributed by atoms with van der Waals surface area (Å²) in [7, 11) is 0. The quantitative estimate of drug-likeness (QED) is 0.942. The second kappa shape index (κ2) is 5.62. The Morgan fingerprint density at radius 1 is 1.38 bits per heavy atom. The zero-order valence-electron chi connectivity index (χ0n) is 12.3. The van der Waals surface area contributed by atoms with E-state index in [9.17, 15) is 9.90 Å². The van der Waals surface area contributed by atoms with E-state index in [1.54, 1.807) is 0 Å². The first-order valence-electron chi connectivity index (χ1n) is 7.13. The first-order valence-corrected chi connectivity index (χ1v) is 7.95. The van der Waals surface area contributed by atoms with Gasteiger partial charge in [-0.1, -0.05) is 24.3 Å². The summed E-state index contributed by atoms with van der Waals surface area (Å²) in [6.45, 7) is 6.50. The standard InChI is InChI=1S/C17H19NO2S/c1-11-7-14(12(2)21-11)9-18-8-13-5-3-4-6-15(13)16(10-18)17(19)20/h3-7,16H,8-10H2,1-2H3,(H,19,20). The average molecular weight is 301 g/mol. The lowest BCUT2D eigenvalue weighted by Crippen LogP contribution is -2.36. The number of carboxylic acids is 1. The van der Waals surface area contributed by atoms with E-state index in [2.05, 4.69) is 24.8 Å².